The van der Waals surface area contributed by atoms with Gasteiger partial charge in [0.15, 0.2) is 0 Å². The summed E-state index contributed by atoms with van der Waals surface area (Å²) >= 11 is 6.36. The number of aromatic nitrogens is 1. The number of ether oxygens (including phenoxy) is 1. The lowest BCUT2D eigenvalue weighted by molar-refractivity contribution is -0.143. The number of rotatable bonds is 7. The Kier molecular flexibility index (Phi) is 6.28. The second-order valence-electron chi connectivity index (χ2n) is 6.37. The quantitative estimate of drug-likeness (QED) is 0.308. The van der Waals surface area contributed by atoms with E-state index in [4.69, 9.17) is 32.3 Å². The van der Waals surface area contributed by atoms with Crippen LogP contribution in [0, 0.1) is 11.2 Å². The molecule has 3 N–H and O–H groups in total. The summed E-state index contributed by atoms with van der Waals surface area (Å²) in [5.41, 5.74) is 7.02. The number of pyridine rings is 1. The van der Waals surface area contributed by atoms with Crippen molar-refractivity contribution in [3.8, 4) is 11.1 Å². The first-order valence-corrected chi connectivity index (χ1v) is 9.02. The van der Waals surface area contributed by atoms with Gasteiger partial charge in [-0.1, -0.05) is 35.0 Å². The van der Waals surface area contributed by atoms with Crippen LogP contribution in [-0.2, 0) is 21.0 Å². The third kappa shape index (κ3) is 4.80. The SMILES string of the molecule is CON=C1CN(c2ncc(-c3cccc(COC(=O)CC(=N)N)c3F)cc2Cl)C1. The molecular formula is C19H19ClFN5O3. The molecule has 0 saturated carbocycles. The molecule has 1 aromatic heterocycles. The van der Waals surface area contributed by atoms with E-state index in [0.717, 1.165) is 5.71 Å². The van der Waals surface area contributed by atoms with E-state index in [2.05, 4.69) is 10.1 Å². The number of anilines is 1. The second-order valence-corrected chi connectivity index (χ2v) is 6.77. The van der Waals surface area contributed by atoms with E-state index in [9.17, 15) is 9.18 Å². The van der Waals surface area contributed by atoms with Crippen LogP contribution in [0.3, 0.4) is 0 Å². The molecule has 0 atom stereocenters. The van der Waals surface area contributed by atoms with Gasteiger partial charge in [-0.15, -0.1) is 0 Å². The molecule has 0 aliphatic carbocycles. The van der Waals surface area contributed by atoms with E-state index in [1.165, 1.54) is 19.4 Å². The van der Waals surface area contributed by atoms with Gasteiger partial charge in [-0.2, -0.15) is 0 Å². The van der Waals surface area contributed by atoms with Crippen LogP contribution in [0.5, 0.6) is 0 Å². The summed E-state index contributed by atoms with van der Waals surface area (Å²) in [6.45, 7) is 0.866. The van der Waals surface area contributed by atoms with Crippen molar-refractivity contribution < 1.29 is 18.8 Å². The minimum Gasteiger partial charge on any atom is -0.460 e. The van der Waals surface area contributed by atoms with Crippen molar-refractivity contribution in [2.75, 3.05) is 25.1 Å². The standard InChI is InChI=1S/C19H19ClFN5O3/c1-28-25-13-8-26(9-13)19-15(20)5-12(7-24-19)14-4-2-3-11(18(14)21)10-29-17(27)6-16(22)23/h2-5,7H,6,8-10H2,1H3,(H3,22,23). The zero-order chi connectivity index (χ0) is 21.0. The molecule has 152 valence electrons. The highest BCUT2D eigenvalue weighted by atomic mass is 35.5. The lowest BCUT2D eigenvalue weighted by atomic mass is 10.0. The molecule has 29 heavy (non-hydrogen) atoms. The van der Waals surface area contributed by atoms with Crippen LogP contribution >= 0.6 is 11.6 Å². The third-order valence-electron chi connectivity index (χ3n) is 4.20. The summed E-state index contributed by atoms with van der Waals surface area (Å²) in [6, 6.07) is 6.40. The number of hydrogen-bond acceptors (Lipinski definition) is 7. The topological polar surface area (TPSA) is 114 Å². The molecule has 2 aromatic rings. The molecular weight excluding hydrogens is 401 g/mol. The van der Waals surface area contributed by atoms with Gasteiger partial charge in [0, 0.05) is 22.9 Å². The lowest BCUT2D eigenvalue weighted by Crippen LogP contribution is -2.48. The van der Waals surface area contributed by atoms with Gasteiger partial charge in [0.2, 0.25) is 0 Å². The number of nitrogens with two attached hydrogens (primary N) is 1. The number of nitrogens with zero attached hydrogens (tertiary/aromatic N) is 3. The average molecular weight is 420 g/mol. The molecule has 0 spiro atoms. The maximum Gasteiger partial charge on any atom is 0.313 e. The highest BCUT2D eigenvalue weighted by Gasteiger charge is 2.26. The zero-order valence-corrected chi connectivity index (χ0v) is 16.4. The minimum absolute atomic E-state index is 0.197. The fraction of sp³-hybridized carbons (Fsp3) is 0.263. The molecule has 8 nitrogen and oxygen atoms in total. The van der Waals surface area contributed by atoms with E-state index >= 15 is 0 Å². The van der Waals surface area contributed by atoms with Crippen LogP contribution in [0.1, 0.15) is 12.0 Å². The number of halogens is 2. The van der Waals surface area contributed by atoms with Crippen molar-refractivity contribution in [2.24, 2.45) is 10.9 Å². The Morgan fingerprint density at radius 3 is 2.86 bits per heavy atom. The molecule has 1 aliphatic rings. The van der Waals surface area contributed by atoms with E-state index in [-0.39, 0.29) is 30.0 Å². The largest absolute Gasteiger partial charge is 0.460 e. The number of benzene rings is 1. The summed E-state index contributed by atoms with van der Waals surface area (Å²) in [5, 5.41) is 11.3. The summed E-state index contributed by atoms with van der Waals surface area (Å²) in [4.78, 5) is 22.5. The highest BCUT2D eigenvalue weighted by Crippen LogP contribution is 2.32. The highest BCUT2D eigenvalue weighted by molar-refractivity contribution is 6.33. The fourth-order valence-corrected chi connectivity index (χ4v) is 3.11. The normalized spacial score (nSPS) is 12.9. The summed E-state index contributed by atoms with van der Waals surface area (Å²) in [6.07, 6.45) is 1.20. The van der Waals surface area contributed by atoms with E-state index < -0.39 is 11.8 Å². The first-order chi connectivity index (χ1) is 13.9. The second kappa shape index (κ2) is 8.87. The van der Waals surface area contributed by atoms with E-state index in [0.29, 0.717) is 29.5 Å². The smallest absolute Gasteiger partial charge is 0.313 e. The van der Waals surface area contributed by atoms with Crippen LogP contribution in [0.25, 0.3) is 11.1 Å². The molecule has 2 heterocycles. The van der Waals surface area contributed by atoms with Crippen LogP contribution in [0.4, 0.5) is 10.2 Å². The molecule has 0 radical (unpaired) electrons. The third-order valence-corrected chi connectivity index (χ3v) is 4.48. The molecule has 1 aliphatic heterocycles. The van der Waals surface area contributed by atoms with Gasteiger partial charge in [0.25, 0.3) is 0 Å². The zero-order valence-electron chi connectivity index (χ0n) is 15.6. The van der Waals surface area contributed by atoms with Gasteiger partial charge in [-0.05, 0) is 6.07 Å². The van der Waals surface area contributed by atoms with Crippen LogP contribution in [-0.4, -0.2) is 42.7 Å². The number of esters is 1. The number of carbonyl (C=O) groups excluding carboxylic acids is 1. The predicted octanol–water partition coefficient (Wildman–Crippen LogP) is 2.73. The predicted molar refractivity (Wildman–Crippen MR) is 108 cm³/mol. The van der Waals surface area contributed by atoms with Crippen molar-refractivity contribution in [1.82, 2.24) is 4.98 Å². The Morgan fingerprint density at radius 1 is 1.45 bits per heavy atom. The van der Waals surface area contributed by atoms with Gasteiger partial charge < -0.3 is 20.2 Å². The molecule has 1 fully saturated rings. The summed E-state index contributed by atoms with van der Waals surface area (Å²) < 4.78 is 19.9. The van der Waals surface area contributed by atoms with Crippen molar-refractivity contribution in [3.63, 3.8) is 0 Å². The van der Waals surface area contributed by atoms with Gasteiger partial charge in [-0.25, -0.2) is 9.37 Å². The molecule has 3 rings (SSSR count). The van der Waals surface area contributed by atoms with E-state index in [1.54, 1.807) is 18.2 Å². The molecule has 0 amide bonds. The Bertz CT molecular complexity index is 974. The summed E-state index contributed by atoms with van der Waals surface area (Å²) in [5.74, 6) is -0.956. The Balaban J connectivity index is 1.75. The maximum absolute atomic E-state index is 14.9. The van der Waals surface area contributed by atoms with Crippen LogP contribution < -0.4 is 10.6 Å². The van der Waals surface area contributed by atoms with Crippen LogP contribution in [0.2, 0.25) is 5.02 Å². The van der Waals surface area contributed by atoms with E-state index in [1.807, 2.05) is 4.90 Å². The first kappa shape index (κ1) is 20.5. The van der Waals surface area contributed by atoms with Crippen LogP contribution in [0.15, 0.2) is 35.6 Å². The molecule has 0 unspecified atom stereocenters. The van der Waals surface area contributed by atoms with Gasteiger partial charge in [0.05, 0.1) is 23.8 Å². The Labute approximate surface area is 171 Å². The average Bonchev–Trinajstić information content (AvgIpc) is 2.63. The van der Waals surface area contributed by atoms with Gasteiger partial charge in [-0.3, -0.25) is 10.2 Å². The fourth-order valence-electron chi connectivity index (χ4n) is 2.82. The van der Waals surface area contributed by atoms with Gasteiger partial charge in [0.1, 0.15) is 37.6 Å². The molecule has 10 heteroatoms. The van der Waals surface area contributed by atoms with Gasteiger partial charge >= 0.3 is 5.97 Å². The monoisotopic (exact) mass is 419 g/mol. The molecule has 0 bridgehead atoms. The van der Waals surface area contributed by atoms with Crippen molar-refractivity contribution in [1.29, 1.82) is 5.41 Å². The van der Waals surface area contributed by atoms with Crippen molar-refractivity contribution in [2.45, 2.75) is 13.0 Å². The number of hydrogen-bond donors (Lipinski definition) is 2. The molecule has 1 saturated heterocycles. The van der Waals surface area contributed by atoms with Crippen molar-refractivity contribution in [3.05, 3.63) is 46.9 Å². The Morgan fingerprint density at radius 2 is 2.21 bits per heavy atom. The maximum atomic E-state index is 14.9. The molecule has 1 aromatic carbocycles. The first-order valence-electron chi connectivity index (χ1n) is 8.64. The number of amidine groups is 1. The number of carbonyl (C=O) groups is 1. The minimum atomic E-state index is -0.692. The summed E-state index contributed by atoms with van der Waals surface area (Å²) in [7, 11) is 1.49. The Hall–Kier alpha value is -3.20. The lowest BCUT2D eigenvalue weighted by Gasteiger charge is -2.33. The number of oxime groups is 1. The van der Waals surface area contributed by atoms with Crippen molar-refractivity contribution >= 4 is 34.9 Å². The number of nitrogens with one attached hydrogen (secondary N) is 1.